The first-order chi connectivity index (χ1) is 13.2. The van der Waals surface area contributed by atoms with E-state index in [1.807, 2.05) is 43.3 Å². The number of hydrogen-bond donors (Lipinski definition) is 0. The maximum Gasteiger partial charge on any atom is 0.185 e. The van der Waals surface area contributed by atoms with Crippen LogP contribution in [0.15, 0.2) is 65.7 Å². The minimum absolute atomic E-state index is 0.649. The summed E-state index contributed by atoms with van der Waals surface area (Å²) in [5.41, 5.74) is 4.24. The lowest BCUT2D eigenvalue weighted by Gasteiger charge is -2.05. The van der Waals surface area contributed by atoms with Gasteiger partial charge in [0.2, 0.25) is 0 Å². The van der Waals surface area contributed by atoms with E-state index in [0.29, 0.717) is 6.61 Å². The molecule has 136 valence electrons. The normalized spacial score (nSPS) is 11.0. The van der Waals surface area contributed by atoms with Crippen LogP contribution in [0.3, 0.4) is 0 Å². The van der Waals surface area contributed by atoms with Crippen LogP contribution in [-0.2, 0) is 5.75 Å². The van der Waals surface area contributed by atoms with Crippen molar-refractivity contribution in [3.05, 3.63) is 71.8 Å². The van der Waals surface area contributed by atoms with Crippen molar-refractivity contribution in [1.29, 1.82) is 0 Å². The maximum atomic E-state index is 5.50. The summed E-state index contributed by atoms with van der Waals surface area (Å²) in [5.74, 6) is 2.45. The molecule has 0 radical (unpaired) electrons. The van der Waals surface area contributed by atoms with E-state index in [-0.39, 0.29) is 0 Å². The highest BCUT2D eigenvalue weighted by atomic mass is 32.2. The second-order valence-electron chi connectivity index (χ2n) is 6.20. The molecule has 0 amide bonds. The lowest BCUT2D eigenvalue weighted by Crippen LogP contribution is -1.97. The maximum absolute atomic E-state index is 5.50. The Balaban J connectivity index is 1.58. The van der Waals surface area contributed by atoms with Gasteiger partial charge in [0.05, 0.1) is 6.61 Å². The number of fused-ring (bicyclic) bond motifs is 1. The molecule has 27 heavy (non-hydrogen) atoms. The quantitative estimate of drug-likeness (QED) is 0.453. The topological polar surface area (TPSA) is 52.3 Å². The SMILES string of the molecule is CCOc1ccc(-c2nnc3ccc(SCc4ccc(C)cc4)nn23)cc1. The molecule has 2 aromatic carbocycles. The standard InChI is InChI=1S/C21H20N4OS/c1-3-26-18-10-8-17(9-11-18)21-23-22-19-12-13-20(24-25(19)21)27-14-16-6-4-15(2)5-7-16/h4-13H,3,14H2,1-2H3. The molecule has 0 fully saturated rings. The van der Waals surface area contributed by atoms with Crippen LogP contribution in [-0.4, -0.2) is 26.4 Å². The van der Waals surface area contributed by atoms with E-state index in [1.165, 1.54) is 11.1 Å². The Bertz CT molecular complexity index is 1040. The average Bonchev–Trinajstić information content (AvgIpc) is 3.12. The van der Waals surface area contributed by atoms with Gasteiger partial charge in [-0.15, -0.1) is 10.2 Å². The second kappa shape index (κ2) is 7.80. The second-order valence-corrected chi connectivity index (χ2v) is 7.19. The van der Waals surface area contributed by atoms with Crippen LogP contribution in [0, 0.1) is 6.92 Å². The molecule has 0 aliphatic rings. The predicted octanol–water partition coefficient (Wildman–Crippen LogP) is 4.79. The van der Waals surface area contributed by atoms with Crippen molar-refractivity contribution < 1.29 is 4.74 Å². The van der Waals surface area contributed by atoms with Crippen molar-refractivity contribution in [2.45, 2.75) is 24.6 Å². The minimum atomic E-state index is 0.649. The van der Waals surface area contributed by atoms with Gasteiger partial charge in [0, 0.05) is 11.3 Å². The molecule has 0 saturated carbocycles. The summed E-state index contributed by atoms with van der Waals surface area (Å²) < 4.78 is 7.30. The minimum Gasteiger partial charge on any atom is -0.494 e. The van der Waals surface area contributed by atoms with Gasteiger partial charge in [-0.25, -0.2) is 0 Å². The van der Waals surface area contributed by atoms with Crippen LogP contribution in [0.5, 0.6) is 5.75 Å². The zero-order valence-corrected chi connectivity index (χ0v) is 16.1. The molecular weight excluding hydrogens is 356 g/mol. The van der Waals surface area contributed by atoms with Gasteiger partial charge in [-0.05, 0) is 55.8 Å². The summed E-state index contributed by atoms with van der Waals surface area (Å²) in [6.07, 6.45) is 0. The van der Waals surface area contributed by atoms with Crippen molar-refractivity contribution in [1.82, 2.24) is 19.8 Å². The third-order valence-corrected chi connectivity index (χ3v) is 5.16. The number of hydrogen-bond acceptors (Lipinski definition) is 5. The fraction of sp³-hybridized carbons (Fsp3) is 0.190. The van der Waals surface area contributed by atoms with Gasteiger partial charge < -0.3 is 4.74 Å². The van der Waals surface area contributed by atoms with E-state index in [0.717, 1.165) is 33.6 Å². The van der Waals surface area contributed by atoms with Gasteiger partial charge in [-0.2, -0.15) is 9.61 Å². The largest absolute Gasteiger partial charge is 0.494 e. The first-order valence-electron chi connectivity index (χ1n) is 8.87. The van der Waals surface area contributed by atoms with E-state index in [1.54, 1.807) is 16.3 Å². The van der Waals surface area contributed by atoms with Crippen molar-refractivity contribution in [3.63, 3.8) is 0 Å². The van der Waals surface area contributed by atoms with Crippen molar-refractivity contribution in [2.75, 3.05) is 6.61 Å². The summed E-state index contributed by atoms with van der Waals surface area (Å²) in [6, 6.07) is 20.4. The lowest BCUT2D eigenvalue weighted by atomic mass is 10.2. The number of rotatable bonds is 6. The fourth-order valence-electron chi connectivity index (χ4n) is 2.74. The smallest absolute Gasteiger partial charge is 0.185 e. The van der Waals surface area contributed by atoms with Gasteiger partial charge in [0.25, 0.3) is 0 Å². The molecule has 4 aromatic rings. The summed E-state index contributed by atoms with van der Waals surface area (Å²) in [7, 11) is 0. The molecule has 2 aromatic heterocycles. The van der Waals surface area contributed by atoms with Crippen LogP contribution in [0.4, 0.5) is 0 Å². The molecular formula is C21H20N4OS. The van der Waals surface area contributed by atoms with E-state index >= 15 is 0 Å². The van der Waals surface area contributed by atoms with Gasteiger partial charge in [0.1, 0.15) is 10.8 Å². The monoisotopic (exact) mass is 376 g/mol. The number of aryl methyl sites for hydroxylation is 1. The Morgan fingerprint density at radius 3 is 2.44 bits per heavy atom. The van der Waals surface area contributed by atoms with Crippen LogP contribution in [0.2, 0.25) is 0 Å². The van der Waals surface area contributed by atoms with E-state index in [9.17, 15) is 0 Å². The summed E-state index contributed by atoms with van der Waals surface area (Å²) in [4.78, 5) is 0. The molecule has 0 atom stereocenters. The van der Waals surface area contributed by atoms with Gasteiger partial charge in [-0.3, -0.25) is 0 Å². The summed E-state index contributed by atoms with van der Waals surface area (Å²) in [5, 5.41) is 14.2. The van der Waals surface area contributed by atoms with Crippen LogP contribution in [0.25, 0.3) is 17.0 Å². The average molecular weight is 376 g/mol. The Morgan fingerprint density at radius 1 is 0.926 bits per heavy atom. The third-order valence-electron chi connectivity index (χ3n) is 4.17. The number of thioether (sulfide) groups is 1. The van der Waals surface area contributed by atoms with E-state index in [4.69, 9.17) is 9.84 Å². The van der Waals surface area contributed by atoms with Crippen molar-refractivity contribution in [3.8, 4) is 17.1 Å². The number of aromatic nitrogens is 4. The van der Waals surface area contributed by atoms with Crippen molar-refractivity contribution >= 4 is 17.4 Å². The van der Waals surface area contributed by atoms with E-state index < -0.39 is 0 Å². The Morgan fingerprint density at radius 2 is 1.70 bits per heavy atom. The van der Waals surface area contributed by atoms with Gasteiger partial charge in [0.15, 0.2) is 11.5 Å². The molecule has 0 bridgehead atoms. The molecule has 0 unspecified atom stereocenters. The molecule has 2 heterocycles. The fourth-order valence-corrected chi connectivity index (χ4v) is 3.55. The highest BCUT2D eigenvalue weighted by Crippen LogP contribution is 2.24. The number of ether oxygens (including phenoxy) is 1. The Kier molecular flexibility index (Phi) is 5.07. The molecule has 0 spiro atoms. The summed E-state index contributed by atoms with van der Waals surface area (Å²) >= 11 is 1.70. The number of nitrogens with zero attached hydrogens (tertiary/aromatic N) is 4. The number of benzene rings is 2. The van der Waals surface area contributed by atoms with E-state index in [2.05, 4.69) is 41.4 Å². The molecule has 0 N–H and O–H groups in total. The predicted molar refractivity (Wildman–Crippen MR) is 108 cm³/mol. The molecule has 0 aliphatic heterocycles. The third kappa shape index (κ3) is 3.95. The summed E-state index contributed by atoms with van der Waals surface area (Å²) in [6.45, 7) is 4.72. The Labute approximate surface area is 162 Å². The molecule has 0 saturated heterocycles. The molecule has 5 nitrogen and oxygen atoms in total. The first-order valence-corrected chi connectivity index (χ1v) is 9.85. The highest BCUT2D eigenvalue weighted by molar-refractivity contribution is 7.98. The van der Waals surface area contributed by atoms with Gasteiger partial charge in [-0.1, -0.05) is 41.6 Å². The zero-order valence-electron chi connectivity index (χ0n) is 15.3. The Hall–Kier alpha value is -2.86. The molecule has 0 aliphatic carbocycles. The zero-order chi connectivity index (χ0) is 18.6. The highest BCUT2D eigenvalue weighted by Gasteiger charge is 2.10. The van der Waals surface area contributed by atoms with Crippen LogP contribution in [0.1, 0.15) is 18.1 Å². The van der Waals surface area contributed by atoms with Gasteiger partial charge >= 0.3 is 0 Å². The lowest BCUT2D eigenvalue weighted by molar-refractivity contribution is 0.340. The van der Waals surface area contributed by atoms with Crippen LogP contribution < -0.4 is 4.74 Å². The first kappa shape index (κ1) is 17.5. The van der Waals surface area contributed by atoms with Crippen LogP contribution >= 0.6 is 11.8 Å². The molecule has 6 heteroatoms. The molecule has 4 rings (SSSR count). The van der Waals surface area contributed by atoms with Crippen molar-refractivity contribution in [2.24, 2.45) is 0 Å².